The Hall–Kier alpha value is -3.11. The normalized spacial score (nSPS) is 11.4. The molecule has 0 saturated carbocycles. The molecule has 0 aromatic heterocycles. The summed E-state index contributed by atoms with van der Waals surface area (Å²) >= 11 is 5.96. The summed E-state index contributed by atoms with van der Waals surface area (Å²) in [5.41, 5.74) is 2.06. The van der Waals surface area contributed by atoms with Crippen LogP contribution in [0.25, 0.3) is 11.1 Å². The molecule has 1 amide bonds. The number of ether oxygens (including phenoxy) is 1. The van der Waals surface area contributed by atoms with E-state index in [-0.39, 0.29) is 6.61 Å². The molecule has 1 atom stereocenters. The van der Waals surface area contributed by atoms with E-state index in [0.717, 1.165) is 16.7 Å². The summed E-state index contributed by atoms with van der Waals surface area (Å²) in [6, 6.07) is 26.2. The summed E-state index contributed by atoms with van der Waals surface area (Å²) in [5.74, 6) is -1.14. The van der Waals surface area contributed by atoms with E-state index in [2.05, 4.69) is 5.32 Å². The zero-order valence-electron chi connectivity index (χ0n) is 14.5. The van der Waals surface area contributed by atoms with E-state index >= 15 is 0 Å². The van der Waals surface area contributed by atoms with Crippen LogP contribution in [-0.2, 0) is 16.1 Å². The van der Waals surface area contributed by atoms with Gasteiger partial charge in [0.2, 0.25) is 5.50 Å². The van der Waals surface area contributed by atoms with Crippen LogP contribution in [-0.4, -0.2) is 17.4 Å². The third kappa shape index (κ3) is 5.19. The molecule has 0 radical (unpaired) electrons. The first-order valence-electron chi connectivity index (χ1n) is 8.44. The van der Waals surface area contributed by atoms with Crippen LogP contribution in [0.2, 0.25) is 0 Å². The molecule has 27 heavy (non-hydrogen) atoms. The predicted molar refractivity (Wildman–Crippen MR) is 105 cm³/mol. The van der Waals surface area contributed by atoms with Crippen molar-refractivity contribution in [1.82, 2.24) is 5.32 Å². The van der Waals surface area contributed by atoms with E-state index in [1.165, 1.54) is 0 Å². The van der Waals surface area contributed by atoms with Gasteiger partial charge in [-0.05, 0) is 28.8 Å². The molecule has 0 heterocycles. The van der Waals surface area contributed by atoms with E-state index in [1.807, 2.05) is 72.8 Å². The second kappa shape index (κ2) is 9.01. The van der Waals surface area contributed by atoms with Crippen LogP contribution < -0.4 is 5.32 Å². The number of esters is 1. The van der Waals surface area contributed by atoms with Crippen LogP contribution in [0.3, 0.4) is 0 Å². The number of halogens is 1. The Morgan fingerprint density at radius 2 is 1.37 bits per heavy atom. The third-order valence-corrected chi connectivity index (χ3v) is 4.23. The number of nitrogens with one attached hydrogen (secondary N) is 1. The zero-order chi connectivity index (χ0) is 19.1. The first kappa shape index (κ1) is 18.7. The molecule has 1 unspecified atom stereocenters. The number of amides is 1. The number of hydrogen-bond acceptors (Lipinski definition) is 3. The number of rotatable bonds is 6. The molecular weight excluding hydrogens is 362 g/mol. The first-order valence-corrected chi connectivity index (χ1v) is 8.88. The summed E-state index contributed by atoms with van der Waals surface area (Å²) in [7, 11) is 0. The highest BCUT2D eigenvalue weighted by Gasteiger charge is 2.20. The molecule has 1 N–H and O–H groups in total. The van der Waals surface area contributed by atoms with E-state index in [9.17, 15) is 9.59 Å². The molecule has 5 heteroatoms. The van der Waals surface area contributed by atoms with Crippen LogP contribution in [0.4, 0.5) is 0 Å². The average Bonchev–Trinajstić information content (AvgIpc) is 2.73. The minimum absolute atomic E-state index is 0.102. The highest BCUT2D eigenvalue weighted by atomic mass is 35.5. The van der Waals surface area contributed by atoms with Crippen molar-refractivity contribution in [3.05, 3.63) is 96.1 Å². The Balaban J connectivity index is 1.55. The van der Waals surface area contributed by atoms with Crippen molar-refractivity contribution in [2.24, 2.45) is 0 Å². The van der Waals surface area contributed by atoms with Crippen molar-refractivity contribution < 1.29 is 14.3 Å². The van der Waals surface area contributed by atoms with Gasteiger partial charge < -0.3 is 10.1 Å². The van der Waals surface area contributed by atoms with Gasteiger partial charge in [0.1, 0.15) is 6.61 Å². The fourth-order valence-corrected chi connectivity index (χ4v) is 2.67. The molecule has 0 aliphatic carbocycles. The highest BCUT2D eigenvalue weighted by molar-refractivity contribution is 6.30. The van der Waals surface area contributed by atoms with Gasteiger partial charge in [-0.3, -0.25) is 4.79 Å². The van der Waals surface area contributed by atoms with Crippen molar-refractivity contribution >= 4 is 23.5 Å². The van der Waals surface area contributed by atoms with Crippen LogP contribution >= 0.6 is 11.6 Å². The lowest BCUT2D eigenvalue weighted by molar-refractivity contribution is -0.145. The van der Waals surface area contributed by atoms with Gasteiger partial charge in [0.25, 0.3) is 5.91 Å². The number of carbonyl (C=O) groups excluding carboxylic acids is 2. The molecular formula is C22H18ClNO3. The molecule has 0 aliphatic heterocycles. The van der Waals surface area contributed by atoms with E-state index in [1.54, 1.807) is 12.1 Å². The lowest BCUT2D eigenvalue weighted by Gasteiger charge is -2.12. The van der Waals surface area contributed by atoms with Gasteiger partial charge in [0, 0.05) is 5.56 Å². The average molecular weight is 380 g/mol. The maximum Gasteiger partial charge on any atom is 0.344 e. The second-order valence-corrected chi connectivity index (χ2v) is 6.31. The minimum atomic E-state index is -1.25. The summed E-state index contributed by atoms with van der Waals surface area (Å²) in [5, 5.41) is 2.44. The third-order valence-electron chi connectivity index (χ3n) is 3.94. The Morgan fingerprint density at radius 3 is 2.00 bits per heavy atom. The summed E-state index contributed by atoms with van der Waals surface area (Å²) in [6.45, 7) is 0.102. The fourth-order valence-electron chi connectivity index (χ4n) is 2.50. The minimum Gasteiger partial charge on any atom is -0.458 e. The van der Waals surface area contributed by atoms with Gasteiger partial charge in [-0.2, -0.15) is 0 Å². The Labute approximate surface area is 162 Å². The van der Waals surface area contributed by atoms with Gasteiger partial charge in [-0.1, -0.05) is 84.4 Å². The molecule has 0 fully saturated rings. The van der Waals surface area contributed by atoms with Gasteiger partial charge in [0.05, 0.1) is 0 Å². The molecule has 0 saturated heterocycles. The lowest BCUT2D eigenvalue weighted by Crippen LogP contribution is -2.37. The maximum absolute atomic E-state index is 12.3. The number of carbonyl (C=O) groups is 2. The predicted octanol–water partition coefficient (Wildman–Crippen LogP) is 4.39. The summed E-state index contributed by atoms with van der Waals surface area (Å²) < 4.78 is 5.12. The van der Waals surface area contributed by atoms with Gasteiger partial charge in [0.15, 0.2) is 0 Å². The van der Waals surface area contributed by atoms with Gasteiger partial charge >= 0.3 is 5.97 Å². The molecule has 3 aromatic carbocycles. The molecule has 4 nitrogen and oxygen atoms in total. The van der Waals surface area contributed by atoms with Crippen LogP contribution in [0, 0.1) is 0 Å². The number of benzene rings is 3. The molecule has 0 bridgehead atoms. The first-order chi connectivity index (χ1) is 13.1. The summed E-state index contributed by atoms with van der Waals surface area (Å²) in [6.07, 6.45) is 0. The van der Waals surface area contributed by atoms with Crippen molar-refractivity contribution in [3.8, 4) is 11.1 Å². The van der Waals surface area contributed by atoms with Gasteiger partial charge in [-0.25, -0.2) is 4.79 Å². The molecule has 136 valence electrons. The van der Waals surface area contributed by atoms with Crippen LogP contribution in [0.1, 0.15) is 15.9 Å². The molecule has 3 aromatic rings. The Morgan fingerprint density at radius 1 is 0.815 bits per heavy atom. The Kier molecular flexibility index (Phi) is 6.23. The molecule has 3 rings (SSSR count). The Bertz CT molecular complexity index is 896. The monoisotopic (exact) mass is 379 g/mol. The summed E-state index contributed by atoms with van der Waals surface area (Å²) in [4.78, 5) is 24.2. The largest absolute Gasteiger partial charge is 0.458 e. The van der Waals surface area contributed by atoms with Crippen molar-refractivity contribution in [2.75, 3.05) is 0 Å². The van der Waals surface area contributed by atoms with E-state index in [0.29, 0.717) is 5.56 Å². The zero-order valence-corrected chi connectivity index (χ0v) is 15.2. The van der Waals surface area contributed by atoms with E-state index < -0.39 is 17.4 Å². The smallest absolute Gasteiger partial charge is 0.344 e. The standard InChI is InChI=1S/C22H18ClNO3/c23-20(22(26)27-15-16-7-3-1-4-8-16)24-21(25)19-13-11-18(12-14-19)17-9-5-2-6-10-17/h1-14,20H,15H2,(H,24,25). The van der Waals surface area contributed by atoms with Crippen molar-refractivity contribution in [2.45, 2.75) is 12.1 Å². The fraction of sp³-hybridized carbons (Fsp3) is 0.0909. The SMILES string of the molecule is O=C(NC(Cl)C(=O)OCc1ccccc1)c1ccc(-c2ccccc2)cc1. The topological polar surface area (TPSA) is 55.4 Å². The van der Waals surface area contributed by atoms with Crippen molar-refractivity contribution in [1.29, 1.82) is 0 Å². The maximum atomic E-state index is 12.3. The van der Waals surface area contributed by atoms with E-state index in [4.69, 9.17) is 16.3 Å². The molecule has 0 spiro atoms. The molecule has 0 aliphatic rings. The number of hydrogen-bond donors (Lipinski definition) is 1. The highest BCUT2D eigenvalue weighted by Crippen LogP contribution is 2.19. The number of alkyl halides is 1. The lowest BCUT2D eigenvalue weighted by atomic mass is 10.0. The van der Waals surface area contributed by atoms with Crippen molar-refractivity contribution in [3.63, 3.8) is 0 Å². The van der Waals surface area contributed by atoms with Crippen LogP contribution in [0.5, 0.6) is 0 Å². The second-order valence-electron chi connectivity index (χ2n) is 5.87. The van der Waals surface area contributed by atoms with Gasteiger partial charge in [-0.15, -0.1) is 0 Å². The quantitative estimate of drug-likeness (QED) is 0.392. The van der Waals surface area contributed by atoms with Crippen LogP contribution in [0.15, 0.2) is 84.9 Å².